The molecule has 6 nitrogen and oxygen atoms in total. The van der Waals surface area contributed by atoms with Gasteiger partial charge in [-0.1, -0.05) is 0 Å². The highest BCUT2D eigenvalue weighted by molar-refractivity contribution is 5.94. The van der Waals surface area contributed by atoms with Gasteiger partial charge in [0, 0.05) is 24.7 Å². The minimum absolute atomic E-state index is 0.00901. The number of furan rings is 1. The van der Waals surface area contributed by atoms with Gasteiger partial charge in [-0.15, -0.1) is 0 Å². The molecular weight excluding hydrogens is 308 g/mol. The fourth-order valence-electron chi connectivity index (χ4n) is 2.82. The fraction of sp³-hybridized carbons (Fsp3) is 0.333. The highest BCUT2D eigenvalue weighted by Gasteiger charge is 2.28. The Morgan fingerprint density at radius 3 is 2.46 bits per heavy atom. The van der Waals surface area contributed by atoms with Crippen molar-refractivity contribution in [2.45, 2.75) is 12.8 Å². The lowest BCUT2D eigenvalue weighted by Crippen LogP contribution is -2.41. The van der Waals surface area contributed by atoms with Crippen LogP contribution in [0.5, 0.6) is 5.75 Å². The smallest absolute Gasteiger partial charge is 0.289 e. The van der Waals surface area contributed by atoms with Crippen LogP contribution in [-0.4, -0.2) is 36.9 Å². The van der Waals surface area contributed by atoms with Crippen molar-refractivity contribution in [2.75, 3.05) is 25.5 Å². The molecule has 1 N–H and O–H groups in total. The Morgan fingerprint density at radius 1 is 1.17 bits per heavy atom. The summed E-state index contributed by atoms with van der Waals surface area (Å²) in [6, 6.07) is 10.6. The van der Waals surface area contributed by atoms with Gasteiger partial charge >= 0.3 is 0 Å². The first-order chi connectivity index (χ1) is 11.7. The Morgan fingerprint density at radius 2 is 1.88 bits per heavy atom. The first-order valence-corrected chi connectivity index (χ1v) is 7.95. The van der Waals surface area contributed by atoms with Crippen LogP contribution in [0.1, 0.15) is 23.4 Å². The van der Waals surface area contributed by atoms with Crippen LogP contribution >= 0.6 is 0 Å². The van der Waals surface area contributed by atoms with Crippen LogP contribution in [0.2, 0.25) is 0 Å². The minimum Gasteiger partial charge on any atom is -0.497 e. The van der Waals surface area contributed by atoms with E-state index in [1.165, 1.54) is 6.26 Å². The van der Waals surface area contributed by atoms with Gasteiger partial charge in [0.2, 0.25) is 5.91 Å². The van der Waals surface area contributed by atoms with Crippen molar-refractivity contribution in [3.63, 3.8) is 0 Å². The third kappa shape index (κ3) is 3.59. The molecule has 1 saturated heterocycles. The molecule has 0 spiro atoms. The maximum Gasteiger partial charge on any atom is 0.289 e. The highest BCUT2D eigenvalue weighted by Crippen LogP contribution is 2.22. The summed E-state index contributed by atoms with van der Waals surface area (Å²) in [5, 5.41) is 2.92. The summed E-state index contributed by atoms with van der Waals surface area (Å²) in [6.07, 6.45) is 2.78. The second-order valence-electron chi connectivity index (χ2n) is 5.76. The number of piperidine rings is 1. The van der Waals surface area contributed by atoms with Gasteiger partial charge in [-0.05, 0) is 49.2 Å². The second kappa shape index (κ2) is 7.21. The maximum absolute atomic E-state index is 12.4. The minimum atomic E-state index is -0.117. The van der Waals surface area contributed by atoms with Crippen molar-refractivity contribution in [3.05, 3.63) is 48.4 Å². The molecule has 2 heterocycles. The van der Waals surface area contributed by atoms with Gasteiger partial charge in [-0.2, -0.15) is 0 Å². The summed E-state index contributed by atoms with van der Waals surface area (Å²) in [4.78, 5) is 26.3. The molecule has 6 heteroatoms. The molecule has 0 saturated carbocycles. The van der Waals surface area contributed by atoms with Crippen molar-refractivity contribution in [1.82, 2.24) is 4.90 Å². The number of amides is 2. The van der Waals surface area contributed by atoms with Crippen LogP contribution in [0.25, 0.3) is 0 Å². The summed E-state index contributed by atoms with van der Waals surface area (Å²) in [5.41, 5.74) is 0.745. The molecule has 1 aromatic heterocycles. The van der Waals surface area contributed by atoms with Gasteiger partial charge in [0.1, 0.15) is 5.75 Å². The molecule has 1 aromatic carbocycles. The molecule has 0 bridgehead atoms. The molecule has 1 aliphatic heterocycles. The molecule has 24 heavy (non-hydrogen) atoms. The first-order valence-electron chi connectivity index (χ1n) is 7.95. The average Bonchev–Trinajstić information content (AvgIpc) is 3.16. The van der Waals surface area contributed by atoms with Crippen LogP contribution in [0.15, 0.2) is 47.1 Å². The van der Waals surface area contributed by atoms with Gasteiger partial charge in [-0.3, -0.25) is 9.59 Å². The van der Waals surface area contributed by atoms with Crippen LogP contribution in [0.4, 0.5) is 5.69 Å². The zero-order valence-electron chi connectivity index (χ0n) is 13.5. The molecule has 3 rings (SSSR count). The maximum atomic E-state index is 12.4. The molecule has 2 amide bonds. The quantitative estimate of drug-likeness (QED) is 0.937. The number of carbonyl (C=O) groups excluding carboxylic acids is 2. The SMILES string of the molecule is COc1ccc(NC(=O)C2CCN(C(=O)c3ccco3)CC2)cc1. The summed E-state index contributed by atoms with van der Waals surface area (Å²) >= 11 is 0. The summed E-state index contributed by atoms with van der Waals surface area (Å²) in [5.74, 6) is 0.876. The van der Waals surface area contributed by atoms with E-state index in [2.05, 4.69) is 5.32 Å². The van der Waals surface area contributed by atoms with Crippen molar-refractivity contribution in [2.24, 2.45) is 5.92 Å². The molecule has 1 aliphatic rings. The molecule has 0 radical (unpaired) electrons. The molecule has 1 fully saturated rings. The number of rotatable bonds is 4. The predicted octanol–water partition coefficient (Wildman–Crippen LogP) is 2.78. The Bertz CT molecular complexity index is 686. The predicted molar refractivity (Wildman–Crippen MR) is 89.0 cm³/mol. The normalized spacial score (nSPS) is 15.1. The van der Waals surface area contributed by atoms with E-state index >= 15 is 0 Å². The number of benzene rings is 1. The Kier molecular flexibility index (Phi) is 4.84. The van der Waals surface area contributed by atoms with E-state index in [0.717, 1.165) is 11.4 Å². The van der Waals surface area contributed by atoms with Crippen LogP contribution in [-0.2, 0) is 4.79 Å². The van der Waals surface area contributed by atoms with Gasteiger partial charge in [-0.25, -0.2) is 0 Å². The number of methoxy groups -OCH3 is 1. The summed E-state index contributed by atoms with van der Waals surface area (Å²) in [6.45, 7) is 1.11. The van der Waals surface area contributed by atoms with Gasteiger partial charge < -0.3 is 19.4 Å². The third-order valence-corrected chi connectivity index (χ3v) is 4.24. The van der Waals surface area contributed by atoms with Crippen LogP contribution in [0.3, 0.4) is 0 Å². The lowest BCUT2D eigenvalue weighted by Gasteiger charge is -2.30. The van der Waals surface area contributed by atoms with Gasteiger partial charge in [0.25, 0.3) is 5.91 Å². The first kappa shape index (κ1) is 16.1. The third-order valence-electron chi connectivity index (χ3n) is 4.24. The zero-order chi connectivity index (χ0) is 16.9. The number of hydrogen-bond acceptors (Lipinski definition) is 4. The lowest BCUT2D eigenvalue weighted by molar-refractivity contribution is -0.121. The van der Waals surface area contributed by atoms with E-state index in [4.69, 9.17) is 9.15 Å². The molecule has 0 atom stereocenters. The Labute approximate surface area is 140 Å². The monoisotopic (exact) mass is 328 g/mol. The molecule has 2 aromatic rings. The number of carbonyl (C=O) groups is 2. The second-order valence-corrected chi connectivity index (χ2v) is 5.76. The highest BCUT2D eigenvalue weighted by atomic mass is 16.5. The van der Waals surface area contributed by atoms with E-state index < -0.39 is 0 Å². The lowest BCUT2D eigenvalue weighted by atomic mass is 9.95. The summed E-state index contributed by atoms with van der Waals surface area (Å²) < 4.78 is 10.2. The van der Waals surface area contributed by atoms with E-state index in [1.54, 1.807) is 36.3 Å². The topological polar surface area (TPSA) is 71.8 Å². The van der Waals surface area contributed by atoms with Crippen molar-refractivity contribution in [3.8, 4) is 5.75 Å². The number of nitrogens with one attached hydrogen (secondary N) is 1. The van der Waals surface area contributed by atoms with E-state index in [-0.39, 0.29) is 17.7 Å². The van der Waals surface area contributed by atoms with Crippen LogP contribution < -0.4 is 10.1 Å². The van der Waals surface area contributed by atoms with E-state index in [0.29, 0.717) is 31.7 Å². The summed E-state index contributed by atoms with van der Waals surface area (Å²) in [7, 11) is 1.60. The largest absolute Gasteiger partial charge is 0.497 e. The average molecular weight is 328 g/mol. The van der Waals surface area contributed by atoms with E-state index in [9.17, 15) is 9.59 Å². The standard InChI is InChI=1S/C18H20N2O4/c1-23-15-6-4-14(5-7-15)19-17(21)13-8-10-20(11-9-13)18(22)16-3-2-12-24-16/h2-7,12-13H,8-11H2,1H3,(H,19,21). The number of nitrogens with zero attached hydrogens (tertiary/aromatic N) is 1. The number of anilines is 1. The fourth-order valence-corrected chi connectivity index (χ4v) is 2.82. The Balaban J connectivity index is 1.52. The Hall–Kier alpha value is -2.76. The van der Waals surface area contributed by atoms with Crippen molar-refractivity contribution < 1.29 is 18.7 Å². The molecule has 0 unspecified atom stereocenters. The van der Waals surface area contributed by atoms with Crippen LogP contribution in [0, 0.1) is 5.92 Å². The van der Waals surface area contributed by atoms with Crippen molar-refractivity contribution >= 4 is 17.5 Å². The van der Waals surface area contributed by atoms with E-state index in [1.807, 2.05) is 12.1 Å². The number of ether oxygens (including phenoxy) is 1. The molecule has 126 valence electrons. The molecular formula is C18H20N2O4. The zero-order valence-corrected chi connectivity index (χ0v) is 13.5. The van der Waals surface area contributed by atoms with Gasteiger partial charge in [0.05, 0.1) is 13.4 Å². The van der Waals surface area contributed by atoms with Gasteiger partial charge in [0.15, 0.2) is 5.76 Å². The number of hydrogen-bond donors (Lipinski definition) is 1. The van der Waals surface area contributed by atoms with Crippen molar-refractivity contribution in [1.29, 1.82) is 0 Å². The molecule has 0 aliphatic carbocycles. The number of likely N-dealkylation sites (tertiary alicyclic amines) is 1.